The Morgan fingerprint density at radius 1 is 1.24 bits per heavy atom. The lowest BCUT2D eigenvalue weighted by atomic mass is 10.1. The van der Waals surface area contributed by atoms with E-state index in [-0.39, 0.29) is 17.9 Å². The standard InChI is InChI=1S/C13H15FN2S/c1-9(11-5-3-4-6-12(11)14)16-10(2)13-7-15-8-17-13/h3-10,16H,1-2H3/t9-,10?/m1/s1. The molecule has 1 unspecified atom stereocenters. The van der Waals surface area contributed by atoms with Gasteiger partial charge in [-0.1, -0.05) is 18.2 Å². The van der Waals surface area contributed by atoms with Gasteiger partial charge in [-0.05, 0) is 19.9 Å². The highest BCUT2D eigenvalue weighted by atomic mass is 32.1. The number of nitrogens with one attached hydrogen (secondary N) is 1. The van der Waals surface area contributed by atoms with Crippen molar-refractivity contribution in [1.82, 2.24) is 10.3 Å². The molecule has 0 bridgehead atoms. The van der Waals surface area contributed by atoms with Crippen LogP contribution in [0.2, 0.25) is 0 Å². The van der Waals surface area contributed by atoms with Gasteiger partial charge in [0.2, 0.25) is 0 Å². The first-order valence-corrected chi connectivity index (χ1v) is 6.45. The molecule has 0 aliphatic heterocycles. The first-order chi connectivity index (χ1) is 8.18. The maximum absolute atomic E-state index is 13.6. The molecule has 0 spiro atoms. The maximum atomic E-state index is 13.6. The van der Waals surface area contributed by atoms with Crippen molar-refractivity contribution in [2.45, 2.75) is 25.9 Å². The molecule has 1 aromatic carbocycles. The average Bonchev–Trinajstić information content (AvgIpc) is 2.82. The number of hydrogen-bond donors (Lipinski definition) is 1. The first kappa shape index (κ1) is 12.2. The number of halogens is 1. The molecule has 4 heteroatoms. The van der Waals surface area contributed by atoms with Gasteiger partial charge in [-0.25, -0.2) is 4.39 Å². The third kappa shape index (κ3) is 2.90. The summed E-state index contributed by atoms with van der Waals surface area (Å²) in [5.74, 6) is -0.163. The van der Waals surface area contributed by atoms with Crippen molar-refractivity contribution < 1.29 is 4.39 Å². The SMILES string of the molecule is CC(N[C@H](C)c1ccccc1F)c1cncs1. The number of aromatic nitrogens is 1. The van der Waals surface area contributed by atoms with Gasteiger partial charge in [0, 0.05) is 28.7 Å². The molecule has 0 aliphatic rings. The van der Waals surface area contributed by atoms with Crippen molar-refractivity contribution in [1.29, 1.82) is 0 Å². The van der Waals surface area contributed by atoms with Crippen molar-refractivity contribution in [3.05, 3.63) is 52.2 Å². The normalized spacial score (nSPS) is 14.5. The van der Waals surface area contributed by atoms with Crippen molar-refractivity contribution in [3.8, 4) is 0 Å². The van der Waals surface area contributed by atoms with Crippen molar-refractivity contribution in [3.63, 3.8) is 0 Å². The lowest BCUT2D eigenvalue weighted by Gasteiger charge is -2.19. The molecule has 0 aliphatic carbocycles. The van der Waals surface area contributed by atoms with Gasteiger partial charge >= 0.3 is 0 Å². The van der Waals surface area contributed by atoms with E-state index in [0.717, 1.165) is 4.88 Å². The predicted octanol–water partition coefficient (Wildman–Crippen LogP) is 3.69. The topological polar surface area (TPSA) is 24.9 Å². The van der Waals surface area contributed by atoms with Crippen molar-refractivity contribution in [2.24, 2.45) is 0 Å². The molecule has 2 aromatic rings. The molecule has 90 valence electrons. The second kappa shape index (κ2) is 5.38. The van der Waals surface area contributed by atoms with Gasteiger partial charge in [0.1, 0.15) is 5.82 Å². The smallest absolute Gasteiger partial charge is 0.127 e. The summed E-state index contributed by atoms with van der Waals surface area (Å²) in [6.45, 7) is 4.03. The zero-order valence-electron chi connectivity index (χ0n) is 9.85. The first-order valence-electron chi connectivity index (χ1n) is 5.57. The Kier molecular flexibility index (Phi) is 3.86. The number of thiazole rings is 1. The van der Waals surface area contributed by atoms with Crippen LogP contribution in [-0.4, -0.2) is 4.98 Å². The number of nitrogens with zero attached hydrogens (tertiary/aromatic N) is 1. The Bertz CT molecular complexity index is 470. The second-order valence-corrected chi connectivity index (χ2v) is 4.95. The van der Waals surface area contributed by atoms with Gasteiger partial charge in [0.15, 0.2) is 0 Å². The Hall–Kier alpha value is -1.26. The molecular weight excluding hydrogens is 235 g/mol. The molecule has 0 amide bonds. The van der Waals surface area contributed by atoms with E-state index in [9.17, 15) is 4.39 Å². The highest BCUT2D eigenvalue weighted by molar-refractivity contribution is 7.09. The summed E-state index contributed by atoms with van der Waals surface area (Å²) in [5.41, 5.74) is 2.50. The molecule has 0 fully saturated rings. The molecule has 1 aromatic heterocycles. The summed E-state index contributed by atoms with van der Waals surface area (Å²) in [6, 6.07) is 7.02. The molecule has 0 radical (unpaired) electrons. The summed E-state index contributed by atoms with van der Waals surface area (Å²) < 4.78 is 13.6. The van der Waals surface area contributed by atoms with Crippen LogP contribution in [0.3, 0.4) is 0 Å². The van der Waals surface area contributed by atoms with Gasteiger partial charge in [0.05, 0.1) is 5.51 Å². The highest BCUT2D eigenvalue weighted by Gasteiger charge is 2.14. The molecule has 1 heterocycles. The van der Waals surface area contributed by atoms with Crippen LogP contribution in [0.15, 0.2) is 36.0 Å². The molecule has 2 atom stereocenters. The lowest BCUT2D eigenvalue weighted by molar-refractivity contribution is 0.478. The molecular formula is C13H15FN2S. The largest absolute Gasteiger partial charge is 0.303 e. The van der Waals surface area contributed by atoms with Crippen molar-refractivity contribution in [2.75, 3.05) is 0 Å². The number of benzene rings is 1. The highest BCUT2D eigenvalue weighted by Crippen LogP contribution is 2.22. The molecule has 0 saturated heterocycles. The van der Waals surface area contributed by atoms with E-state index in [2.05, 4.69) is 17.2 Å². The summed E-state index contributed by atoms with van der Waals surface area (Å²) in [7, 11) is 0. The van der Waals surface area contributed by atoms with Gasteiger partial charge in [-0.2, -0.15) is 0 Å². The zero-order chi connectivity index (χ0) is 12.3. The van der Waals surface area contributed by atoms with Crippen molar-refractivity contribution >= 4 is 11.3 Å². The summed E-state index contributed by atoms with van der Waals surface area (Å²) in [4.78, 5) is 5.21. The average molecular weight is 250 g/mol. The molecule has 2 nitrogen and oxygen atoms in total. The fourth-order valence-corrected chi connectivity index (χ4v) is 2.45. The summed E-state index contributed by atoms with van der Waals surface area (Å²) >= 11 is 1.61. The number of rotatable bonds is 4. The molecule has 1 N–H and O–H groups in total. The van der Waals surface area contributed by atoms with Gasteiger partial charge < -0.3 is 5.32 Å². The van der Waals surface area contributed by atoms with Crippen LogP contribution < -0.4 is 5.32 Å². The fraction of sp³-hybridized carbons (Fsp3) is 0.308. The minimum atomic E-state index is -0.163. The predicted molar refractivity (Wildman–Crippen MR) is 68.5 cm³/mol. The van der Waals surface area contributed by atoms with E-state index in [1.807, 2.05) is 25.3 Å². The quantitative estimate of drug-likeness (QED) is 0.895. The van der Waals surface area contributed by atoms with Gasteiger partial charge in [-0.3, -0.25) is 4.98 Å². The third-order valence-electron chi connectivity index (χ3n) is 2.75. The molecule has 17 heavy (non-hydrogen) atoms. The lowest BCUT2D eigenvalue weighted by Crippen LogP contribution is -2.22. The second-order valence-electron chi connectivity index (χ2n) is 4.04. The minimum Gasteiger partial charge on any atom is -0.303 e. The fourth-order valence-electron chi connectivity index (χ4n) is 1.81. The van der Waals surface area contributed by atoms with Crippen LogP contribution in [0, 0.1) is 5.82 Å². The van der Waals surface area contributed by atoms with Crippen LogP contribution in [0.5, 0.6) is 0 Å². The van der Waals surface area contributed by atoms with Gasteiger partial charge in [0.25, 0.3) is 0 Å². The van der Waals surface area contributed by atoms with E-state index in [1.54, 1.807) is 22.9 Å². The van der Waals surface area contributed by atoms with E-state index >= 15 is 0 Å². The minimum absolute atomic E-state index is 0.0201. The van der Waals surface area contributed by atoms with Crippen LogP contribution in [-0.2, 0) is 0 Å². The summed E-state index contributed by atoms with van der Waals surface area (Å²) in [5, 5.41) is 3.37. The zero-order valence-corrected chi connectivity index (χ0v) is 10.7. The van der Waals surface area contributed by atoms with Crippen LogP contribution in [0.4, 0.5) is 4.39 Å². The Balaban J connectivity index is 2.07. The van der Waals surface area contributed by atoms with E-state index < -0.39 is 0 Å². The molecule has 0 saturated carbocycles. The molecule has 2 rings (SSSR count). The summed E-state index contributed by atoms with van der Waals surface area (Å²) in [6.07, 6.45) is 1.84. The Morgan fingerprint density at radius 3 is 2.65 bits per heavy atom. The number of hydrogen-bond acceptors (Lipinski definition) is 3. The monoisotopic (exact) mass is 250 g/mol. The Morgan fingerprint density at radius 2 is 2.00 bits per heavy atom. The maximum Gasteiger partial charge on any atom is 0.127 e. The van der Waals surface area contributed by atoms with E-state index in [4.69, 9.17) is 0 Å². The third-order valence-corrected chi connectivity index (χ3v) is 3.71. The van der Waals surface area contributed by atoms with Crippen LogP contribution in [0.1, 0.15) is 36.4 Å². The Labute approximate surface area is 105 Å². The van der Waals surface area contributed by atoms with Crippen LogP contribution in [0.25, 0.3) is 0 Å². The van der Waals surface area contributed by atoms with Crippen LogP contribution >= 0.6 is 11.3 Å². The van der Waals surface area contributed by atoms with Gasteiger partial charge in [-0.15, -0.1) is 11.3 Å². The van der Waals surface area contributed by atoms with E-state index in [1.165, 1.54) is 6.07 Å². The van der Waals surface area contributed by atoms with E-state index in [0.29, 0.717) is 5.56 Å².